The van der Waals surface area contributed by atoms with E-state index in [1.54, 1.807) is 18.5 Å². The molecular weight excluding hydrogens is 400 g/mol. The lowest BCUT2D eigenvalue weighted by Crippen LogP contribution is -2.55. The number of hydrogen-bond donors (Lipinski definition) is 2. The molecule has 0 aliphatic carbocycles. The summed E-state index contributed by atoms with van der Waals surface area (Å²) in [4.78, 5) is 16.7. The molecular formula is C25H26N6O. The van der Waals surface area contributed by atoms with Crippen molar-refractivity contribution in [2.45, 2.75) is 31.5 Å². The van der Waals surface area contributed by atoms with Crippen LogP contribution in [0.25, 0.3) is 4.85 Å². The number of nitrogens with zero attached hydrogens (tertiary/aromatic N) is 5. The second-order valence-electron chi connectivity index (χ2n) is 8.40. The lowest BCUT2D eigenvalue weighted by Gasteiger charge is -2.43. The molecule has 2 aromatic carbocycles. The normalized spacial score (nSPS) is 20.9. The molecule has 2 N–H and O–H groups in total. The zero-order chi connectivity index (χ0) is 21.9. The largest absolute Gasteiger partial charge is 0.390 e. The number of fused-ring (bicyclic) bond motifs is 1. The van der Waals surface area contributed by atoms with Gasteiger partial charge in [0.15, 0.2) is 5.69 Å². The van der Waals surface area contributed by atoms with E-state index in [4.69, 9.17) is 6.57 Å². The van der Waals surface area contributed by atoms with E-state index in [1.807, 2.05) is 18.2 Å². The molecule has 1 fully saturated rings. The van der Waals surface area contributed by atoms with Gasteiger partial charge in [-0.05, 0) is 36.1 Å². The summed E-state index contributed by atoms with van der Waals surface area (Å²) < 4.78 is 0. The van der Waals surface area contributed by atoms with Gasteiger partial charge in [-0.3, -0.25) is 4.90 Å². The van der Waals surface area contributed by atoms with Gasteiger partial charge in [0.05, 0.1) is 12.7 Å². The summed E-state index contributed by atoms with van der Waals surface area (Å²) in [7, 11) is 0. The molecule has 7 heteroatoms. The third-order valence-corrected chi connectivity index (χ3v) is 6.42. The van der Waals surface area contributed by atoms with E-state index in [-0.39, 0.29) is 6.04 Å². The number of aromatic nitrogens is 2. The molecule has 3 heterocycles. The van der Waals surface area contributed by atoms with Crippen LogP contribution in [-0.2, 0) is 13.0 Å². The number of nitrogens with one attached hydrogen (secondary N) is 1. The minimum atomic E-state index is -0.429. The number of piperidine rings is 1. The van der Waals surface area contributed by atoms with E-state index in [0.29, 0.717) is 18.1 Å². The first-order valence-corrected chi connectivity index (χ1v) is 11.0. The van der Waals surface area contributed by atoms with Crippen LogP contribution in [0.15, 0.2) is 60.9 Å². The van der Waals surface area contributed by atoms with Gasteiger partial charge in [0.25, 0.3) is 0 Å². The van der Waals surface area contributed by atoms with Crippen LogP contribution in [0.1, 0.15) is 17.5 Å². The van der Waals surface area contributed by atoms with E-state index in [2.05, 4.69) is 54.2 Å². The molecule has 3 aromatic rings. The number of aliphatic hydroxyl groups excluding tert-OH is 1. The molecule has 0 saturated carbocycles. The van der Waals surface area contributed by atoms with Gasteiger partial charge in [0.1, 0.15) is 18.0 Å². The molecule has 0 bridgehead atoms. The monoisotopic (exact) mass is 426 g/mol. The van der Waals surface area contributed by atoms with Crippen LogP contribution in [0.2, 0.25) is 0 Å². The van der Waals surface area contributed by atoms with Crippen molar-refractivity contribution in [3.8, 4) is 0 Å². The Morgan fingerprint density at radius 3 is 2.62 bits per heavy atom. The van der Waals surface area contributed by atoms with Gasteiger partial charge in [0.2, 0.25) is 0 Å². The van der Waals surface area contributed by atoms with Crippen molar-refractivity contribution >= 4 is 23.0 Å². The SMILES string of the molecule is [C-]#[N+]c1ccc(Nc2cc(N3CC[C@H](N4CCc5ccccc5C4)[C@@H](O)C3)ncn2)cc1. The number of benzene rings is 2. The Labute approximate surface area is 188 Å². The molecule has 2 atom stereocenters. The van der Waals surface area contributed by atoms with Gasteiger partial charge in [0, 0.05) is 44.0 Å². The molecule has 32 heavy (non-hydrogen) atoms. The van der Waals surface area contributed by atoms with E-state index in [0.717, 1.165) is 44.0 Å². The first-order chi connectivity index (χ1) is 15.7. The Hall–Kier alpha value is -3.47. The highest BCUT2D eigenvalue weighted by Gasteiger charge is 2.34. The highest BCUT2D eigenvalue weighted by Crippen LogP contribution is 2.28. The number of rotatable bonds is 4. The molecule has 5 rings (SSSR count). The zero-order valence-corrected chi connectivity index (χ0v) is 17.9. The smallest absolute Gasteiger partial charge is 0.187 e. The molecule has 7 nitrogen and oxygen atoms in total. The zero-order valence-electron chi connectivity index (χ0n) is 17.9. The van der Waals surface area contributed by atoms with Crippen LogP contribution in [0.4, 0.5) is 23.0 Å². The lowest BCUT2D eigenvalue weighted by atomic mass is 9.94. The van der Waals surface area contributed by atoms with Crippen LogP contribution in [0.5, 0.6) is 0 Å². The molecule has 0 radical (unpaired) electrons. The average Bonchev–Trinajstić information content (AvgIpc) is 2.84. The summed E-state index contributed by atoms with van der Waals surface area (Å²) in [5.41, 5.74) is 4.28. The van der Waals surface area contributed by atoms with Crippen molar-refractivity contribution in [3.63, 3.8) is 0 Å². The minimum absolute atomic E-state index is 0.167. The molecule has 2 aliphatic heterocycles. The summed E-state index contributed by atoms with van der Waals surface area (Å²) in [6.45, 7) is 10.4. The maximum atomic E-state index is 11.0. The van der Waals surface area contributed by atoms with Crippen LogP contribution in [-0.4, -0.2) is 51.8 Å². The van der Waals surface area contributed by atoms with Gasteiger partial charge < -0.3 is 15.3 Å². The Morgan fingerprint density at radius 2 is 1.84 bits per heavy atom. The predicted octanol–water partition coefficient (Wildman–Crippen LogP) is 3.77. The van der Waals surface area contributed by atoms with E-state index in [1.165, 1.54) is 11.1 Å². The van der Waals surface area contributed by atoms with Crippen LogP contribution >= 0.6 is 0 Å². The molecule has 1 saturated heterocycles. The fraction of sp³-hybridized carbons (Fsp3) is 0.320. The first-order valence-electron chi connectivity index (χ1n) is 11.0. The molecule has 2 aliphatic rings. The van der Waals surface area contributed by atoms with E-state index in [9.17, 15) is 5.11 Å². The number of anilines is 3. The number of hydrogen-bond acceptors (Lipinski definition) is 6. The topological polar surface area (TPSA) is 68.9 Å². The van der Waals surface area contributed by atoms with Gasteiger partial charge in [-0.25, -0.2) is 14.8 Å². The van der Waals surface area contributed by atoms with Crippen molar-refractivity contribution in [1.29, 1.82) is 0 Å². The summed E-state index contributed by atoms with van der Waals surface area (Å²) in [6, 6.07) is 18.0. The molecule has 1 aromatic heterocycles. The summed E-state index contributed by atoms with van der Waals surface area (Å²) in [5, 5.41) is 14.3. The molecule has 0 spiro atoms. The Morgan fingerprint density at radius 1 is 1.03 bits per heavy atom. The van der Waals surface area contributed by atoms with Crippen LogP contribution in [0.3, 0.4) is 0 Å². The van der Waals surface area contributed by atoms with Crippen molar-refractivity contribution in [2.75, 3.05) is 29.9 Å². The quantitative estimate of drug-likeness (QED) is 0.619. The highest BCUT2D eigenvalue weighted by atomic mass is 16.3. The van der Waals surface area contributed by atoms with Crippen LogP contribution < -0.4 is 10.2 Å². The van der Waals surface area contributed by atoms with Crippen molar-refractivity contribution < 1.29 is 5.11 Å². The summed E-state index contributed by atoms with van der Waals surface area (Å²) >= 11 is 0. The van der Waals surface area contributed by atoms with Gasteiger partial charge >= 0.3 is 0 Å². The van der Waals surface area contributed by atoms with E-state index >= 15 is 0 Å². The van der Waals surface area contributed by atoms with Crippen LogP contribution in [0, 0.1) is 6.57 Å². The van der Waals surface area contributed by atoms with Gasteiger partial charge in [-0.1, -0.05) is 36.4 Å². The van der Waals surface area contributed by atoms with Crippen molar-refractivity contribution in [2.24, 2.45) is 0 Å². The molecule has 162 valence electrons. The second-order valence-corrected chi connectivity index (χ2v) is 8.40. The minimum Gasteiger partial charge on any atom is -0.390 e. The van der Waals surface area contributed by atoms with E-state index < -0.39 is 6.10 Å². The highest BCUT2D eigenvalue weighted by molar-refractivity contribution is 5.62. The Kier molecular flexibility index (Phi) is 5.71. The fourth-order valence-electron chi connectivity index (χ4n) is 4.71. The second kappa shape index (κ2) is 8.95. The first kappa shape index (κ1) is 20.4. The maximum Gasteiger partial charge on any atom is 0.187 e. The Balaban J connectivity index is 1.24. The standard InChI is InChI=1S/C25H26N6O/c1-26-20-6-8-21(9-7-20)29-24-14-25(28-17-27-24)31-13-11-22(23(32)16-31)30-12-10-18-4-2-3-5-19(18)15-30/h2-9,14,17,22-23,32H,10-13,15-16H2,(H,27,28,29)/t22-,23-/m0/s1. The summed E-state index contributed by atoms with van der Waals surface area (Å²) in [6.07, 6.45) is 3.06. The van der Waals surface area contributed by atoms with Gasteiger partial charge in [-0.2, -0.15) is 0 Å². The Bertz CT molecular complexity index is 1130. The third-order valence-electron chi connectivity index (χ3n) is 6.42. The lowest BCUT2D eigenvalue weighted by molar-refractivity contribution is 0.0293. The van der Waals surface area contributed by atoms with Crippen molar-refractivity contribution in [3.05, 3.63) is 83.5 Å². The van der Waals surface area contributed by atoms with Crippen molar-refractivity contribution in [1.82, 2.24) is 14.9 Å². The number of aliphatic hydroxyl groups is 1. The van der Waals surface area contributed by atoms with Gasteiger partial charge in [-0.15, -0.1) is 0 Å². The third kappa shape index (κ3) is 4.28. The average molecular weight is 427 g/mol. The fourth-order valence-corrected chi connectivity index (χ4v) is 4.71. The predicted molar refractivity (Wildman–Crippen MR) is 125 cm³/mol. The maximum absolute atomic E-state index is 11.0. The summed E-state index contributed by atoms with van der Waals surface area (Å²) in [5.74, 6) is 1.50. The molecule has 0 unspecified atom stereocenters. The number of β-amino-alcohol motifs (C(OH)–C–C–N with tert-alkyl or cyclic N) is 1. The molecule has 0 amide bonds.